The van der Waals surface area contributed by atoms with Crippen LogP contribution in [0.4, 0.5) is 0 Å². The summed E-state index contributed by atoms with van der Waals surface area (Å²) in [6.45, 7) is 0.479. The molecule has 0 saturated carbocycles. The van der Waals surface area contributed by atoms with Crippen LogP contribution in [-0.4, -0.2) is 56.6 Å². The van der Waals surface area contributed by atoms with Crippen LogP contribution < -0.4 is 0 Å². The van der Waals surface area contributed by atoms with Crippen molar-refractivity contribution < 1.29 is 26.7 Å². The van der Waals surface area contributed by atoms with E-state index in [9.17, 15) is 21.6 Å². The number of rotatable bonds is 6. The first-order chi connectivity index (χ1) is 8.10. The molecule has 0 aromatic carbocycles. The van der Waals surface area contributed by atoms with Gasteiger partial charge in [-0.1, -0.05) is 0 Å². The van der Waals surface area contributed by atoms with Crippen LogP contribution in [-0.2, 0) is 24.7 Å². The summed E-state index contributed by atoms with van der Waals surface area (Å²) < 4.78 is 46.7. The Kier molecular flexibility index (Phi) is 4.73. The summed E-state index contributed by atoms with van der Waals surface area (Å²) in [6, 6.07) is 0. The van der Waals surface area contributed by atoms with Gasteiger partial charge in [0.15, 0.2) is 14.9 Å². The van der Waals surface area contributed by atoms with E-state index in [0.717, 1.165) is 10.6 Å². The Labute approximate surface area is 107 Å². The van der Waals surface area contributed by atoms with Crippen molar-refractivity contribution in [2.24, 2.45) is 5.92 Å². The number of carboxylic acids is 1. The molecule has 9 heteroatoms. The number of hydrogen-bond donors (Lipinski definition) is 1. The Morgan fingerprint density at radius 3 is 2.44 bits per heavy atom. The van der Waals surface area contributed by atoms with Crippen LogP contribution in [0.3, 0.4) is 0 Å². The lowest BCUT2D eigenvalue weighted by Gasteiger charge is -2.15. The highest BCUT2D eigenvalue weighted by molar-refractivity contribution is 8.06. The number of sulfone groups is 1. The zero-order valence-corrected chi connectivity index (χ0v) is 11.7. The van der Waals surface area contributed by atoms with Crippen molar-refractivity contribution in [2.75, 3.05) is 24.4 Å². The molecule has 1 N–H and O–H groups in total. The van der Waals surface area contributed by atoms with E-state index in [1.54, 1.807) is 0 Å². The molecule has 0 radical (unpaired) electrons. The molecule has 106 valence electrons. The summed E-state index contributed by atoms with van der Waals surface area (Å²) in [6.07, 6.45) is 1.88. The third kappa shape index (κ3) is 4.91. The average molecular weight is 299 g/mol. The quantitative estimate of drug-likeness (QED) is 0.708. The number of aliphatic carboxylic acids is 1. The summed E-state index contributed by atoms with van der Waals surface area (Å²) >= 11 is 0. The smallest absolute Gasteiger partial charge is 0.303 e. The Balaban J connectivity index is 2.58. The maximum Gasteiger partial charge on any atom is 0.303 e. The molecular weight excluding hydrogens is 282 g/mol. The second kappa shape index (κ2) is 5.54. The summed E-state index contributed by atoms with van der Waals surface area (Å²) in [5, 5.41) is 7.66. The fourth-order valence-corrected chi connectivity index (χ4v) is 5.54. The molecule has 0 bridgehead atoms. The summed E-state index contributed by atoms with van der Waals surface area (Å²) in [4.78, 5) is 10.4. The van der Waals surface area contributed by atoms with Gasteiger partial charge in [0.05, 0.1) is 0 Å². The lowest BCUT2D eigenvalue weighted by Crippen LogP contribution is -2.33. The molecule has 1 heterocycles. The van der Waals surface area contributed by atoms with Crippen molar-refractivity contribution in [2.45, 2.75) is 19.3 Å². The highest BCUT2D eigenvalue weighted by Gasteiger charge is 2.33. The van der Waals surface area contributed by atoms with Gasteiger partial charge < -0.3 is 5.11 Å². The zero-order chi connectivity index (χ0) is 14.0. The van der Waals surface area contributed by atoms with Gasteiger partial charge in [-0.2, -0.15) is 0 Å². The van der Waals surface area contributed by atoms with Gasteiger partial charge in [-0.05, 0) is 18.8 Å². The van der Waals surface area contributed by atoms with Gasteiger partial charge >= 0.3 is 5.97 Å². The number of carbonyl (C=O) groups is 1. The number of carboxylic acid groups (broad SMARTS) is 1. The molecule has 1 aliphatic heterocycles. The fraction of sp³-hybridized carbons (Fsp3) is 0.889. The Morgan fingerprint density at radius 2 is 1.94 bits per heavy atom. The predicted molar refractivity (Wildman–Crippen MR) is 65.2 cm³/mol. The van der Waals surface area contributed by atoms with Crippen molar-refractivity contribution in [1.82, 2.24) is 4.31 Å². The first-order valence-electron chi connectivity index (χ1n) is 5.47. The Bertz CT molecular complexity index is 509. The largest absolute Gasteiger partial charge is 0.481 e. The molecule has 0 aromatic rings. The van der Waals surface area contributed by atoms with Crippen LogP contribution in [0, 0.1) is 5.92 Å². The fourth-order valence-electron chi connectivity index (χ4n) is 1.96. The minimum Gasteiger partial charge on any atom is -0.481 e. The van der Waals surface area contributed by atoms with Crippen molar-refractivity contribution in [3.63, 3.8) is 0 Å². The minimum atomic E-state index is -3.79. The van der Waals surface area contributed by atoms with Crippen molar-refractivity contribution in [3.05, 3.63) is 0 Å². The molecule has 1 rings (SSSR count). The van der Waals surface area contributed by atoms with Gasteiger partial charge in [0.2, 0.25) is 10.0 Å². The van der Waals surface area contributed by atoms with Crippen molar-refractivity contribution in [1.29, 1.82) is 0 Å². The molecule has 0 amide bonds. The molecule has 0 aliphatic carbocycles. The molecule has 1 saturated heterocycles. The first kappa shape index (κ1) is 15.4. The van der Waals surface area contributed by atoms with Gasteiger partial charge in [-0.25, -0.2) is 21.1 Å². The molecule has 7 nitrogen and oxygen atoms in total. The SMILES string of the molecule is CS(=O)(=O)CS(=O)(=O)N1CCC(CCC(=O)O)C1. The Hall–Kier alpha value is -0.670. The van der Waals surface area contributed by atoms with E-state index in [0.29, 0.717) is 12.8 Å². The number of sulfonamides is 1. The topological polar surface area (TPSA) is 109 Å². The zero-order valence-electron chi connectivity index (χ0n) is 10.1. The van der Waals surface area contributed by atoms with E-state index in [2.05, 4.69) is 0 Å². The highest BCUT2D eigenvalue weighted by Crippen LogP contribution is 2.24. The van der Waals surface area contributed by atoms with Crippen LogP contribution in [0.2, 0.25) is 0 Å². The third-order valence-electron chi connectivity index (χ3n) is 2.77. The summed E-state index contributed by atoms with van der Waals surface area (Å²) in [5.74, 6) is -0.914. The van der Waals surface area contributed by atoms with E-state index in [-0.39, 0.29) is 25.4 Å². The molecule has 1 unspecified atom stereocenters. The molecule has 0 spiro atoms. The summed E-state index contributed by atoms with van der Waals surface area (Å²) in [7, 11) is -7.38. The molecular formula is C9H17NO6S2. The third-order valence-corrected chi connectivity index (χ3v) is 6.79. The van der Waals surface area contributed by atoms with E-state index < -0.39 is 30.9 Å². The van der Waals surface area contributed by atoms with Crippen LogP contribution >= 0.6 is 0 Å². The molecule has 0 aromatic heterocycles. The monoisotopic (exact) mass is 299 g/mol. The second-order valence-electron chi connectivity index (χ2n) is 4.60. The molecule has 1 atom stereocenters. The first-order valence-corrected chi connectivity index (χ1v) is 9.14. The van der Waals surface area contributed by atoms with Gasteiger partial charge in [0, 0.05) is 25.8 Å². The maximum atomic E-state index is 11.8. The summed E-state index contributed by atoms with van der Waals surface area (Å²) in [5.41, 5.74) is 0. The predicted octanol–water partition coefficient (Wildman–Crippen LogP) is -0.495. The number of nitrogens with zero attached hydrogens (tertiary/aromatic N) is 1. The van der Waals surface area contributed by atoms with Crippen LogP contribution in [0.25, 0.3) is 0 Å². The standard InChI is InChI=1S/C9H17NO6S2/c1-17(13,14)7-18(15,16)10-5-4-8(6-10)2-3-9(11)12/h8H,2-7H2,1H3,(H,11,12). The average Bonchev–Trinajstić information content (AvgIpc) is 2.59. The maximum absolute atomic E-state index is 11.8. The van der Waals surface area contributed by atoms with Gasteiger partial charge in [0.1, 0.15) is 0 Å². The lowest BCUT2D eigenvalue weighted by atomic mass is 10.0. The number of hydrogen-bond acceptors (Lipinski definition) is 5. The molecule has 1 fully saturated rings. The van der Waals surface area contributed by atoms with Gasteiger partial charge in [0.25, 0.3) is 0 Å². The van der Waals surface area contributed by atoms with E-state index in [1.165, 1.54) is 0 Å². The van der Waals surface area contributed by atoms with Crippen LogP contribution in [0.15, 0.2) is 0 Å². The van der Waals surface area contributed by atoms with Crippen molar-refractivity contribution >= 4 is 25.8 Å². The normalized spacial score (nSPS) is 22.2. The van der Waals surface area contributed by atoms with E-state index in [4.69, 9.17) is 5.11 Å². The van der Waals surface area contributed by atoms with Gasteiger partial charge in [-0.3, -0.25) is 4.79 Å². The van der Waals surface area contributed by atoms with Gasteiger partial charge in [-0.15, -0.1) is 0 Å². The van der Waals surface area contributed by atoms with Crippen molar-refractivity contribution in [3.8, 4) is 0 Å². The minimum absolute atomic E-state index is 0.00423. The van der Waals surface area contributed by atoms with E-state index in [1.807, 2.05) is 0 Å². The highest BCUT2D eigenvalue weighted by atomic mass is 32.3. The Morgan fingerprint density at radius 1 is 1.33 bits per heavy atom. The molecule has 18 heavy (non-hydrogen) atoms. The van der Waals surface area contributed by atoms with Crippen LogP contribution in [0.5, 0.6) is 0 Å². The lowest BCUT2D eigenvalue weighted by molar-refractivity contribution is -0.137. The second-order valence-corrected chi connectivity index (χ2v) is 9.08. The molecule has 1 aliphatic rings. The van der Waals surface area contributed by atoms with Crippen LogP contribution in [0.1, 0.15) is 19.3 Å². The van der Waals surface area contributed by atoms with E-state index >= 15 is 0 Å².